The number of nitrogens with zero attached hydrogens (tertiary/aromatic N) is 2. The van der Waals surface area contributed by atoms with Crippen LogP contribution in [-0.4, -0.2) is 40.2 Å². The molecule has 0 fully saturated rings. The van der Waals surface area contributed by atoms with Crippen LogP contribution >= 0.6 is 11.6 Å². The smallest absolute Gasteiger partial charge is 0.170 e. The van der Waals surface area contributed by atoms with Gasteiger partial charge >= 0.3 is 0 Å². The van der Waals surface area contributed by atoms with E-state index in [1.54, 1.807) is 12.1 Å². The highest BCUT2D eigenvalue weighted by Gasteiger charge is 2.12. The van der Waals surface area contributed by atoms with Crippen molar-refractivity contribution in [1.82, 2.24) is 4.90 Å². The van der Waals surface area contributed by atoms with Crippen LogP contribution in [0.1, 0.15) is 31.4 Å². The first-order chi connectivity index (χ1) is 9.49. The van der Waals surface area contributed by atoms with Gasteiger partial charge in [0.2, 0.25) is 0 Å². The van der Waals surface area contributed by atoms with E-state index in [9.17, 15) is 0 Å². The van der Waals surface area contributed by atoms with Crippen molar-refractivity contribution in [3.05, 3.63) is 34.3 Å². The van der Waals surface area contributed by atoms with Crippen molar-refractivity contribution in [3.63, 3.8) is 0 Å². The maximum absolute atomic E-state index is 8.94. The fourth-order valence-electron chi connectivity index (χ4n) is 1.91. The van der Waals surface area contributed by atoms with Gasteiger partial charge in [-0.25, -0.2) is 0 Å². The van der Waals surface area contributed by atoms with Crippen LogP contribution in [0.5, 0.6) is 0 Å². The number of nitrogens with two attached hydrogens (primary N) is 1. The third kappa shape index (κ3) is 4.67. The Morgan fingerprint density at radius 3 is 2.65 bits per heavy atom. The average molecular weight is 300 g/mol. The molecule has 0 atom stereocenters. The van der Waals surface area contributed by atoms with Gasteiger partial charge in [-0.15, -0.1) is 0 Å². The van der Waals surface area contributed by atoms with Crippen LogP contribution in [0.15, 0.2) is 23.4 Å². The Hall–Kier alpha value is -1.30. The quantitative estimate of drug-likeness (QED) is 0.311. The van der Waals surface area contributed by atoms with Gasteiger partial charge in [0.1, 0.15) is 0 Å². The SMILES string of the molecule is CC(C)N(CCCO)Cc1ccc(/C(N)=N/O)cc1Cl. The van der Waals surface area contributed by atoms with Gasteiger partial charge in [0.05, 0.1) is 0 Å². The lowest BCUT2D eigenvalue weighted by Gasteiger charge is -2.26. The summed E-state index contributed by atoms with van der Waals surface area (Å²) in [5.41, 5.74) is 7.10. The predicted octanol–water partition coefficient (Wildman–Crippen LogP) is 2.03. The van der Waals surface area contributed by atoms with Crippen LogP contribution in [0.3, 0.4) is 0 Å². The van der Waals surface area contributed by atoms with Crippen LogP contribution in [0.4, 0.5) is 0 Å². The summed E-state index contributed by atoms with van der Waals surface area (Å²) >= 11 is 6.25. The molecule has 1 rings (SSSR count). The molecule has 6 heteroatoms. The molecule has 112 valence electrons. The van der Waals surface area contributed by atoms with E-state index in [-0.39, 0.29) is 12.4 Å². The molecule has 5 nitrogen and oxygen atoms in total. The van der Waals surface area contributed by atoms with E-state index in [2.05, 4.69) is 23.9 Å². The van der Waals surface area contributed by atoms with E-state index in [0.717, 1.165) is 18.5 Å². The zero-order valence-corrected chi connectivity index (χ0v) is 12.6. The summed E-state index contributed by atoms with van der Waals surface area (Å²) in [7, 11) is 0. The lowest BCUT2D eigenvalue weighted by molar-refractivity contribution is 0.185. The Morgan fingerprint density at radius 1 is 1.45 bits per heavy atom. The molecule has 0 aromatic heterocycles. The molecule has 0 amide bonds. The van der Waals surface area contributed by atoms with Gasteiger partial charge in [-0.2, -0.15) is 0 Å². The van der Waals surface area contributed by atoms with Crippen LogP contribution in [0, 0.1) is 0 Å². The molecule has 0 spiro atoms. The largest absolute Gasteiger partial charge is 0.409 e. The third-order valence-corrected chi connectivity index (χ3v) is 3.52. The van der Waals surface area contributed by atoms with Crippen molar-refractivity contribution < 1.29 is 10.3 Å². The predicted molar refractivity (Wildman–Crippen MR) is 81.2 cm³/mol. The molecular weight excluding hydrogens is 278 g/mol. The Balaban J connectivity index is 2.85. The number of hydrogen-bond donors (Lipinski definition) is 3. The summed E-state index contributed by atoms with van der Waals surface area (Å²) in [5.74, 6) is 0.0412. The molecule has 0 radical (unpaired) electrons. The third-order valence-electron chi connectivity index (χ3n) is 3.16. The van der Waals surface area contributed by atoms with E-state index < -0.39 is 0 Å². The summed E-state index contributed by atoms with van der Waals surface area (Å²) in [6, 6.07) is 5.71. The molecule has 0 unspecified atom stereocenters. The van der Waals surface area contributed by atoms with Gasteiger partial charge in [-0.1, -0.05) is 28.9 Å². The van der Waals surface area contributed by atoms with E-state index in [1.807, 2.05) is 6.07 Å². The lowest BCUT2D eigenvalue weighted by Crippen LogP contribution is -2.31. The molecular formula is C14H22ClN3O2. The molecule has 0 aliphatic heterocycles. The van der Waals surface area contributed by atoms with Gasteiger partial charge in [-0.05, 0) is 31.9 Å². The minimum atomic E-state index is 0.0412. The lowest BCUT2D eigenvalue weighted by atomic mass is 10.1. The fraction of sp³-hybridized carbons (Fsp3) is 0.500. The van der Waals surface area contributed by atoms with Crippen LogP contribution < -0.4 is 5.73 Å². The molecule has 0 bridgehead atoms. The number of rotatable bonds is 7. The molecule has 0 saturated heterocycles. The second-order valence-electron chi connectivity index (χ2n) is 4.93. The second-order valence-corrected chi connectivity index (χ2v) is 5.34. The molecule has 1 aromatic rings. The van der Waals surface area contributed by atoms with Crippen molar-refractivity contribution >= 4 is 17.4 Å². The Bertz CT molecular complexity index is 464. The number of oxime groups is 1. The minimum absolute atomic E-state index is 0.0412. The number of hydrogen-bond acceptors (Lipinski definition) is 4. The van der Waals surface area contributed by atoms with E-state index >= 15 is 0 Å². The maximum Gasteiger partial charge on any atom is 0.170 e. The zero-order valence-electron chi connectivity index (χ0n) is 11.9. The summed E-state index contributed by atoms with van der Waals surface area (Å²) < 4.78 is 0. The van der Waals surface area contributed by atoms with Crippen LogP contribution in [-0.2, 0) is 6.54 Å². The van der Waals surface area contributed by atoms with E-state index in [4.69, 9.17) is 27.6 Å². The van der Waals surface area contributed by atoms with Gasteiger partial charge in [0, 0.05) is 36.3 Å². The molecule has 0 saturated carbocycles. The number of aliphatic hydroxyl groups is 1. The topological polar surface area (TPSA) is 82.1 Å². The summed E-state index contributed by atoms with van der Waals surface area (Å²) in [6.45, 7) is 5.91. The summed E-state index contributed by atoms with van der Waals surface area (Å²) in [6.07, 6.45) is 0.734. The standard InChI is InChI=1S/C14H22ClN3O2/c1-10(2)18(6-3-7-19)9-12-5-4-11(8-13(12)15)14(16)17-20/h4-5,8,10,19-20H,3,6-7,9H2,1-2H3,(H2,16,17). The van der Waals surface area contributed by atoms with Gasteiger partial charge in [0.25, 0.3) is 0 Å². The second kappa shape index (κ2) is 8.09. The zero-order chi connectivity index (χ0) is 15.1. The number of halogens is 1. The van der Waals surface area contributed by atoms with Gasteiger partial charge < -0.3 is 16.0 Å². The van der Waals surface area contributed by atoms with Crippen molar-refractivity contribution in [2.75, 3.05) is 13.2 Å². The molecule has 4 N–H and O–H groups in total. The molecule has 0 heterocycles. The molecule has 20 heavy (non-hydrogen) atoms. The minimum Gasteiger partial charge on any atom is -0.409 e. The van der Waals surface area contributed by atoms with Gasteiger partial charge in [0.15, 0.2) is 5.84 Å². The molecule has 0 aliphatic rings. The van der Waals surface area contributed by atoms with Crippen LogP contribution in [0.2, 0.25) is 5.02 Å². The first kappa shape index (κ1) is 16.8. The van der Waals surface area contributed by atoms with Crippen LogP contribution in [0.25, 0.3) is 0 Å². The summed E-state index contributed by atoms with van der Waals surface area (Å²) in [4.78, 5) is 2.24. The number of amidine groups is 1. The van der Waals surface area contributed by atoms with Crippen molar-refractivity contribution in [3.8, 4) is 0 Å². The Kier molecular flexibility index (Phi) is 6.78. The van der Waals surface area contributed by atoms with Crippen molar-refractivity contribution in [1.29, 1.82) is 0 Å². The average Bonchev–Trinajstić information content (AvgIpc) is 2.43. The maximum atomic E-state index is 8.94. The summed E-state index contributed by atoms with van der Waals surface area (Å²) in [5, 5.41) is 21.1. The Morgan fingerprint density at radius 2 is 2.15 bits per heavy atom. The Labute approximate surface area is 124 Å². The molecule has 0 aliphatic carbocycles. The fourth-order valence-corrected chi connectivity index (χ4v) is 2.15. The van der Waals surface area contributed by atoms with Crippen molar-refractivity contribution in [2.24, 2.45) is 10.9 Å². The normalized spacial score (nSPS) is 12.4. The first-order valence-electron chi connectivity index (χ1n) is 6.60. The highest BCUT2D eigenvalue weighted by molar-refractivity contribution is 6.31. The van der Waals surface area contributed by atoms with E-state index in [1.165, 1.54) is 0 Å². The van der Waals surface area contributed by atoms with Crippen molar-refractivity contribution in [2.45, 2.75) is 32.9 Å². The number of aliphatic hydroxyl groups excluding tert-OH is 1. The highest BCUT2D eigenvalue weighted by Crippen LogP contribution is 2.20. The monoisotopic (exact) mass is 299 g/mol. The van der Waals surface area contributed by atoms with Gasteiger partial charge in [-0.3, -0.25) is 4.90 Å². The highest BCUT2D eigenvalue weighted by atomic mass is 35.5. The molecule has 1 aromatic carbocycles. The first-order valence-corrected chi connectivity index (χ1v) is 6.98. The van der Waals surface area contributed by atoms with E-state index in [0.29, 0.717) is 23.2 Å². The number of benzene rings is 1.